The van der Waals surface area contributed by atoms with E-state index in [4.69, 9.17) is 9.84 Å². The topological polar surface area (TPSA) is 63.6 Å². The maximum atomic E-state index is 10.8. The molecule has 0 bridgehead atoms. The van der Waals surface area contributed by atoms with Crippen LogP contribution in [-0.2, 0) is 9.59 Å². The SMILES string of the molecule is CC(=O)/C=C/c1ccc(OCCCCCC(=O)O)cc1. The molecule has 1 N–H and O–H groups in total. The lowest BCUT2D eigenvalue weighted by atomic mass is 10.2. The van der Waals surface area contributed by atoms with E-state index in [1.807, 2.05) is 24.3 Å². The van der Waals surface area contributed by atoms with Crippen LogP contribution in [0.25, 0.3) is 6.08 Å². The van der Waals surface area contributed by atoms with Crippen molar-refractivity contribution in [2.24, 2.45) is 0 Å². The van der Waals surface area contributed by atoms with Gasteiger partial charge in [0.25, 0.3) is 0 Å². The number of carbonyl (C=O) groups excluding carboxylic acids is 1. The fourth-order valence-corrected chi connectivity index (χ4v) is 1.63. The summed E-state index contributed by atoms with van der Waals surface area (Å²) >= 11 is 0. The average molecular weight is 276 g/mol. The lowest BCUT2D eigenvalue weighted by Gasteiger charge is -2.06. The number of carboxylic acids is 1. The molecule has 0 aliphatic rings. The maximum Gasteiger partial charge on any atom is 0.303 e. The van der Waals surface area contributed by atoms with Gasteiger partial charge in [-0.1, -0.05) is 18.2 Å². The van der Waals surface area contributed by atoms with Gasteiger partial charge in [-0.25, -0.2) is 0 Å². The van der Waals surface area contributed by atoms with Crippen LogP contribution in [0.1, 0.15) is 38.2 Å². The molecule has 0 saturated carbocycles. The van der Waals surface area contributed by atoms with Crippen molar-refractivity contribution in [2.75, 3.05) is 6.61 Å². The van der Waals surface area contributed by atoms with Crippen molar-refractivity contribution in [1.29, 1.82) is 0 Å². The monoisotopic (exact) mass is 276 g/mol. The number of aliphatic carboxylic acids is 1. The Labute approximate surface area is 119 Å². The second-order valence-corrected chi connectivity index (χ2v) is 4.57. The van der Waals surface area contributed by atoms with Gasteiger partial charge in [0.05, 0.1) is 6.61 Å². The third-order valence-electron chi connectivity index (χ3n) is 2.69. The van der Waals surface area contributed by atoms with Crippen LogP contribution in [0.3, 0.4) is 0 Å². The number of carboxylic acid groups (broad SMARTS) is 1. The van der Waals surface area contributed by atoms with E-state index in [9.17, 15) is 9.59 Å². The molecule has 0 radical (unpaired) electrons. The standard InChI is InChI=1S/C16H20O4/c1-13(17)6-7-14-8-10-15(11-9-14)20-12-4-2-3-5-16(18)19/h6-11H,2-5,12H2,1H3,(H,18,19)/b7-6+. The van der Waals surface area contributed by atoms with E-state index in [2.05, 4.69) is 0 Å². The van der Waals surface area contributed by atoms with E-state index in [1.165, 1.54) is 13.0 Å². The summed E-state index contributed by atoms with van der Waals surface area (Å²) in [7, 11) is 0. The van der Waals surface area contributed by atoms with Gasteiger partial charge < -0.3 is 9.84 Å². The summed E-state index contributed by atoms with van der Waals surface area (Å²) in [5.41, 5.74) is 0.953. The Hall–Kier alpha value is -2.10. The molecule has 1 rings (SSSR count). The number of ketones is 1. The highest BCUT2D eigenvalue weighted by Gasteiger charge is 1.97. The van der Waals surface area contributed by atoms with Crippen LogP contribution in [-0.4, -0.2) is 23.5 Å². The zero-order valence-electron chi connectivity index (χ0n) is 11.7. The Morgan fingerprint density at radius 2 is 1.85 bits per heavy atom. The van der Waals surface area contributed by atoms with Crippen molar-refractivity contribution in [3.05, 3.63) is 35.9 Å². The fraction of sp³-hybridized carbons (Fsp3) is 0.375. The number of hydrogen-bond acceptors (Lipinski definition) is 3. The van der Waals surface area contributed by atoms with Gasteiger partial charge in [-0.15, -0.1) is 0 Å². The molecule has 0 amide bonds. The summed E-state index contributed by atoms with van der Waals surface area (Å²) in [6.07, 6.45) is 5.89. The van der Waals surface area contributed by atoms with Gasteiger partial charge in [0, 0.05) is 6.42 Å². The van der Waals surface area contributed by atoms with Crippen LogP contribution in [0.15, 0.2) is 30.3 Å². The zero-order valence-corrected chi connectivity index (χ0v) is 11.7. The third kappa shape index (κ3) is 7.36. The Kier molecular flexibility index (Phi) is 7.11. The van der Waals surface area contributed by atoms with Crippen molar-refractivity contribution >= 4 is 17.8 Å². The number of allylic oxidation sites excluding steroid dienone is 1. The second-order valence-electron chi connectivity index (χ2n) is 4.57. The molecule has 108 valence electrons. The number of ether oxygens (including phenoxy) is 1. The molecule has 0 aliphatic carbocycles. The number of unbranched alkanes of at least 4 members (excludes halogenated alkanes) is 2. The molecule has 1 aromatic carbocycles. The van der Waals surface area contributed by atoms with Gasteiger partial charge in [-0.05, 0) is 50.0 Å². The number of hydrogen-bond donors (Lipinski definition) is 1. The summed E-state index contributed by atoms with van der Waals surface area (Å²) in [6, 6.07) is 7.49. The molecular weight excluding hydrogens is 256 g/mol. The predicted molar refractivity (Wildman–Crippen MR) is 77.8 cm³/mol. The molecule has 0 aliphatic heterocycles. The van der Waals surface area contributed by atoms with E-state index >= 15 is 0 Å². The van der Waals surface area contributed by atoms with Crippen molar-refractivity contribution < 1.29 is 19.4 Å². The van der Waals surface area contributed by atoms with E-state index in [0.717, 1.165) is 24.2 Å². The Morgan fingerprint density at radius 3 is 2.45 bits per heavy atom. The fourth-order valence-electron chi connectivity index (χ4n) is 1.63. The first-order valence-electron chi connectivity index (χ1n) is 6.71. The molecule has 4 heteroatoms. The number of rotatable bonds is 9. The minimum absolute atomic E-state index is 0.0201. The average Bonchev–Trinajstić information content (AvgIpc) is 2.41. The Morgan fingerprint density at radius 1 is 1.15 bits per heavy atom. The van der Waals surface area contributed by atoms with E-state index in [0.29, 0.717) is 13.0 Å². The minimum atomic E-state index is -0.750. The summed E-state index contributed by atoms with van der Waals surface area (Å²) in [5, 5.41) is 8.49. The quantitative estimate of drug-likeness (QED) is 0.555. The Bertz CT molecular complexity index is 460. The van der Waals surface area contributed by atoms with Crippen molar-refractivity contribution in [3.8, 4) is 5.75 Å². The first-order chi connectivity index (χ1) is 9.58. The lowest BCUT2D eigenvalue weighted by Crippen LogP contribution is -1.99. The second kappa shape index (κ2) is 8.91. The van der Waals surface area contributed by atoms with Crippen molar-refractivity contribution in [2.45, 2.75) is 32.6 Å². The molecule has 0 saturated heterocycles. The lowest BCUT2D eigenvalue weighted by molar-refractivity contribution is -0.137. The third-order valence-corrected chi connectivity index (χ3v) is 2.69. The molecular formula is C16H20O4. The predicted octanol–water partition coefficient (Wildman–Crippen LogP) is 3.31. The normalized spacial score (nSPS) is 10.7. The van der Waals surface area contributed by atoms with Crippen LogP contribution >= 0.6 is 0 Å². The van der Waals surface area contributed by atoms with Crippen LogP contribution in [0.5, 0.6) is 5.75 Å². The molecule has 0 heterocycles. The summed E-state index contributed by atoms with van der Waals surface area (Å²) in [6.45, 7) is 2.10. The highest BCUT2D eigenvalue weighted by molar-refractivity contribution is 5.91. The largest absolute Gasteiger partial charge is 0.494 e. The first kappa shape index (κ1) is 16.0. The van der Waals surface area contributed by atoms with Crippen LogP contribution in [0, 0.1) is 0 Å². The van der Waals surface area contributed by atoms with Gasteiger partial charge in [0.2, 0.25) is 0 Å². The van der Waals surface area contributed by atoms with E-state index < -0.39 is 5.97 Å². The zero-order chi connectivity index (χ0) is 14.8. The molecule has 0 spiro atoms. The van der Waals surface area contributed by atoms with Crippen molar-refractivity contribution in [1.82, 2.24) is 0 Å². The van der Waals surface area contributed by atoms with E-state index in [-0.39, 0.29) is 12.2 Å². The molecule has 1 aromatic rings. The van der Waals surface area contributed by atoms with Gasteiger partial charge >= 0.3 is 5.97 Å². The number of carbonyl (C=O) groups is 2. The van der Waals surface area contributed by atoms with E-state index in [1.54, 1.807) is 6.08 Å². The molecule has 4 nitrogen and oxygen atoms in total. The van der Waals surface area contributed by atoms with Crippen molar-refractivity contribution in [3.63, 3.8) is 0 Å². The van der Waals surface area contributed by atoms with Gasteiger partial charge in [-0.3, -0.25) is 9.59 Å². The van der Waals surface area contributed by atoms with Gasteiger partial charge in [0.1, 0.15) is 5.75 Å². The van der Waals surface area contributed by atoms with Crippen LogP contribution in [0.2, 0.25) is 0 Å². The summed E-state index contributed by atoms with van der Waals surface area (Å²) in [4.78, 5) is 21.1. The number of benzene rings is 1. The smallest absolute Gasteiger partial charge is 0.303 e. The highest BCUT2D eigenvalue weighted by atomic mass is 16.5. The van der Waals surface area contributed by atoms with Crippen LogP contribution < -0.4 is 4.74 Å². The first-order valence-corrected chi connectivity index (χ1v) is 6.71. The summed E-state index contributed by atoms with van der Waals surface area (Å²) in [5.74, 6) is 0.0509. The molecule has 0 unspecified atom stereocenters. The van der Waals surface area contributed by atoms with Gasteiger partial charge in [-0.2, -0.15) is 0 Å². The minimum Gasteiger partial charge on any atom is -0.494 e. The molecule has 0 atom stereocenters. The highest BCUT2D eigenvalue weighted by Crippen LogP contribution is 2.14. The molecule has 0 aromatic heterocycles. The Balaban J connectivity index is 2.24. The molecule has 0 fully saturated rings. The summed E-state index contributed by atoms with van der Waals surface area (Å²) < 4.78 is 5.56. The van der Waals surface area contributed by atoms with Gasteiger partial charge in [0.15, 0.2) is 5.78 Å². The maximum absolute atomic E-state index is 10.8. The molecule has 20 heavy (non-hydrogen) atoms. The van der Waals surface area contributed by atoms with Crippen LogP contribution in [0.4, 0.5) is 0 Å².